The zero-order valence-corrected chi connectivity index (χ0v) is 12.5. The van der Waals surface area contributed by atoms with E-state index in [0.717, 1.165) is 0 Å². The van der Waals surface area contributed by atoms with Crippen molar-refractivity contribution in [1.82, 2.24) is 0 Å². The van der Waals surface area contributed by atoms with Gasteiger partial charge in [0.2, 0.25) is 0 Å². The van der Waals surface area contributed by atoms with E-state index in [1.807, 2.05) is 0 Å². The van der Waals surface area contributed by atoms with E-state index < -0.39 is 8.60 Å². The van der Waals surface area contributed by atoms with Crippen molar-refractivity contribution in [3.05, 3.63) is 45.3 Å². The molecule has 8 heteroatoms. The molecular formula is C10H15CrO6P. The Bertz CT molecular complexity index is 163. The summed E-state index contributed by atoms with van der Waals surface area (Å²) in [5.74, 6) is 0. The second kappa shape index (κ2) is 70.2. The summed E-state index contributed by atoms with van der Waals surface area (Å²) in [6.07, 6.45) is 3.28. The van der Waals surface area contributed by atoms with Crippen LogP contribution in [-0.4, -0.2) is 21.3 Å². The Morgan fingerprint density at radius 1 is 0.778 bits per heavy atom. The SMILES string of the molecule is C=CC=C.COP(OC)OC.[C-]#[O+].[C-]#[O+].[C-]#[O+].[Cr]. The minimum absolute atomic E-state index is 0. The summed E-state index contributed by atoms with van der Waals surface area (Å²) < 4.78 is 36.5. The molecule has 0 aliphatic rings. The molecule has 0 atom stereocenters. The molecule has 0 aromatic rings. The van der Waals surface area contributed by atoms with Gasteiger partial charge in [-0.05, 0) is 0 Å². The predicted octanol–water partition coefficient (Wildman–Crippen LogP) is 2.40. The van der Waals surface area contributed by atoms with Gasteiger partial charge in [-0.2, -0.15) is 0 Å². The Kier molecular flexibility index (Phi) is 141. The average molecular weight is 314 g/mol. The third-order valence-corrected chi connectivity index (χ3v) is 1.51. The second-order valence-electron chi connectivity index (χ2n) is 1.24. The van der Waals surface area contributed by atoms with Crippen molar-refractivity contribution >= 4 is 8.60 Å². The van der Waals surface area contributed by atoms with Crippen molar-refractivity contribution in [3.8, 4) is 0 Å². The van der Waals surface area contributed by atoms with Crippen molar-refractivity contribution in [2.75, 3.05) is 21.3 Å². The van der Waals surface area contributed by atoms with Crippen LogP contribution in [0.4, 0.5) is 0 Å². The summed E-state index contributed by atoms with van der Waals surface area (Å²) >= 11 is 0. The van der Waals surface area contributed by atoms with E-state index in [-0.39, 0.29) is 17.4 Å². The summed E-state index contributed by atoms with van der Waals surface area (Å²) in [6, 6.07) is 0. The van der Waals surface area contributed by atoms with Gasteiger partial charge in [0, 0.05) is 38.7 Å². The van der Waals surface area contributed by atoms with E-state index in [0.29, 0.717) is 0 Å². The van der Waals surface area contributed by atoms with Crippen molar-refractivity contribution < 1.29 is 44.9 Å². The van der Waals surface area contributed by atoms with Gasteiger partial charge < -0.3 is 13.6 Å². The Hall–Kier alpha value is -0.458. The van der Waals surface area contributed by atoms with Crippen LogP contribution in [0.25, 0.3) is 0 Å². The topological polar surface area (TPSA) is 87.4 Å². The van der Waals surface area contributed by atoms with Crippen molar-refractivity contribution in [2.24, 2.45) is 0 Å². The van der Waals surface area contributed by atoms with E-state index in [4.69, 9.17) is 14.0 Å². The first-order valence-corrected chi connectivity index (χ1v) is 4.63. The van der Waals surface area contributed by atoms with Crippen molar-refractivity contribution in [2.45, 2.75) is 0 Å². The fourth-order valence-corrected chi connectivity index (χ4v) is 0.671. The zero-order valence-electron chi connectivity index (χ0n) is 10.4. The monoisotopic (exact) mass is 314 g/mol. The fourth-order valence-electron chi connectivity index (χ4n) is 0.224. The summed E-state index contributed by atoms with van der Waals surface area (Å²) in [7, 11) is 3.57. The van der Waals surface area contributed by atoms with E-state index in [1.54, 1.807) is 33.5 Å². The van der Waals surface area contributed by atoms with Gasteiger partial charge in [-0.25, -0.2) is 0 Å². The van der Waals surface area contributed by atoms with Gasteiger partial charge >= 0.3 is 42.5 Å². The maximum Gasteiger partial charge on any atom is 0 e. The molecule has 0 aliphatic carbocycles. The molecule has 0 heterocycles. The van der Waals surface area contributed by atoms with Crippen LogP contribution in [-0.2, 0) is 44.9 Å². The van der Waals surface area contributed by atoms with Gasteiger partial charge in [-0.3, -0.25) is 0 Å². The predicted molar refractivity (Wildman–Crippen MR) is 60.1 cm³/mol. The molecule has 0 aromatic carbocycles. The summed E-state index contributed by atoms with van der Waals surface area (Å²) in [6.45, 7) is 20.2. The number of hydrogen-bond donors (Lipinski definition) is 0. The third kappa shape index (κ3) is 76.8. The molecule has 0 bridgehead atoms. The first-order chi connectivity index (χ1) is 8.26. The maximum atomic E-state index is 7.50. The molecule has 0 aliphatic heterocycles. The first-order valence-electron chi connectivity index (χ1n) is 3.53. The van der Waals surface area contributed by atoms with E-state index >= 15 is 0 Å². The molecule has 0 aromatic heterocycles. The van der Waals surface area contributed by atoms with Crippen molar-refractivity contribution in [3.63, 3.8) is 0 Å². The molecule has 0 radical (unpaired) electrons. The van der Waals surface area contributed by atoms with Crippen LogP contribution in [0.5, 0.6) is 0 Å². The molecule has 0 N–H and O–H groups in total. The largest absolute Gasteiger partial charge is 0 e. The van der Waals surface area contributed by atoms with E-state index in [9.17, 15) is 0 Å². The van der Waals surface area contributed by atoms with Crippen LogP contribution in [0.15, 0.2) is 25.3 Å². The standard InChI is InChI=1S/C4H6.C3H9O3P.3CO.Cr/c1-3-4-2;1-4-7(5-2)6-3;3*1-2;/h3-4H,1-2H2;1-3H3;;;;. The molecule has 0 saturated heterocycles. The molecule has 0 rings (SSSR count). The summed E-state index contributed by atoms with van der Waals surface area (Å²) in [5, 5.41) is 0. The molecule has 6 nitrogen and oxygen atoms in total. The molecule has 0 unspecified atom stereocenters. The van der Waals surface area contributed by atoms with Crippen LogP contribution in [0.2, 0.25) is 0 Å². The van der Waals surface area contributed by atoms with Crippen molar-refractivity contribution in [1.29, 1.82) is 0 Å². The first kappa shape index (κ1) is 36.0. The minimum Gasteiger partial charge on any atom is 0 e. The Morgan fingerprint density at radius 3 is 0.944 bits per heavy atom. The molecule has 0 fully saturated rings. The quantitative estimate of drug-likeness (QED) is 0.345. The maximum absolute atomic E-state index is 7.50. The van der Waals surface area contributed by atoms with Crippen LogP contribution >= 0.6 is 8.60 Å². The number of allylic oxidation sites excluding steroid dienone is 2. The molecule has 0 saturated carbocycles. The summed E-state index contributed by atoms with van der Waals surface area (Å²) in [4.78, 5) is 0. The fraction of sp³-hybridized carbons (Fsp3) is 0.300. The Labute approximate surface area is 120 Å². The molecule has 102 valence electrons. The zero-order chi connectivity index (χ0) is 15.1. The summed E-state index contributed by atoms with van der Waals surface area (Å²) in [5.41, 5.74) is 0. The van der Waals surface area contributed by atoms with Gasteiger partial charge in [0.25, 0.3) is 0 Å². The van der Waals surface area contributed by atoms with E-state index in [1.165, 1.54) is 0 Å². The molecule has 0 spiro atoms. The number of rotatable bonds is 4. The van der Waals surface area contributed by atoms with Crippen LogP contribution < -0.4 is 0 Å². The molecular weight excluding hydrogens is 299 g/mol. The van der Waals surface area contributed by atoms with Gasteiger partial charge in [0.05, 0.1) is 0 Å². The van der Waals surface area contributed by atoms with E-state index in [2.05, 4.69) is 46.7 Å². The van der Waals surface area contributed by atoms with Gasteiger partial charge in [0.1, 0.15) is 0 Å². The Morgan fingerprint density at radius 2 is 0.944 bits per heavy atom. The van der Waals surface area contributed by atoms with Gasteiger partial charge in [-0.1, -0.05) is 25.3 Å². The van der Waals surface area contributed by atoms with Crippen LogP contribution in [0, 0.1) is 20.0 Å². The smallest absolute Gasteiger partial charge is 0 e. The third-order valence-electron chi connectivity index (χ3n) is 0.614. The molecule has 18 heavy (non-hydrogen) atoms. The van der Waals surface area contributed by atoms with Gasteiger partial charge in [0.15, 0.2) is 0 Å². The van der Waals surface area contributed by atoms with Crippen LogP contribution in [0.3, 0.4) is 0 Å². The molecule has 0 amide bonds. The second-order valence-corrected chi connectivity index (χ2v) is 2.79. The number of hydrogen-bond acceptors (Lipinski definition) is 3. The Balaban J connectivity index is -0.0000000284. The van der Waals surface area contributed by atoms with Gasteiger partial charge in [-0.15, -0.1) is 0 Å². The average Bonchev–Trinajstić information content (AvgIpc) is 2.47. The minimum atomic E-state index is -1.05. The normalized spacial score (nSPS) is 5.44. The van der Waals surface area contributed by atoms with Crippen LogP contribution in [0.1, 0.15) is 0 Å².